The van der Waals surface area contributed by atoms with Gasteiger partial charge in [0.25, 0.3) is 0 Å². The predicted octanol–water partition coefficient (Wildman–Crippen LogP) is 1.85. The molecule has 2 N–H and O–H groups in total. The molecule has 0 heterocycles. The van der Waals surface area contributed by atoms with E-state index in [-0.39, 0.29) is 0 Å². The number of aliphatic hydroxyl groups is 2. The lowest BCUT2D eigenvalue weighted by Gasteiger charge is -1.79. The summed E-state index contributed by atoms with van der Waals surface area (Å²) >= 11 is 10.1. The topological polar surface area (TPSA) is 40.5 Å². The quantitative estimate of drug-likeness (QED) is 0.690. The van der Waals surface area contributed by atoms with Gasteiger partial charge in [-0.1, -0.05) is 13.3 Å². The van der Waals surface area contributed by atoms with Crippen molar-refractivity contribution in [2.45, 2.75) is 19.8 Å². The molecule has 0 radical (unpaired) electrons. The van der Waals surface area contributed by atoms with Crippen LogP contribution in [0.1, 0.15) is 19.8 Å². The molecule has 0 unspecified atom stereocenters. The van der Waals surface area contributed by atoms with Crippen molar-refractivity contribution in [3.05, 3.63) is 0 Å². The van der Waals surface area contributed by atoms with Gasteiger partial charge in [-0.15, -0.1) is 23.2 Å². The molecule has 0 rings (SSSR count). The molecule has 72 valence electrons. The summed E-state index contributed by atoms with van der Waals surface area (Å²) in [6.07, 6.45) is 2.04. The SMILES string of the molecule is CCCCO.CO.ClCCCl. The third-order valence-corrected chi connectivity index (χ3v) is 1.15. The molecule has 0 spiro atoms. The molecule has 0 aliphatic rings. The van der Waals surface area contributed by atoms with E-state index in [0.29, 0.717) is 18.4 Å². The van der Waals surface area contributed by atoms with Gasteiger partial charge in [-0.3, -0.25) is 0 Å². The van der Waals surface area contributed by atoms with Crippen molar-refractivity contribution >= 4 is 23.2 Å². The Bertz CT molecular complexity index is 33.6. The van der Waals surface area contributed by atoms with E-state index in [1.54, 1.807) is 0 Å². The molecule has 0 fully saturated rings. The molecule has 0 amide bonds. The van der Waals surface area contributed by atoms with Crippen LogP contribution in [0.15, 0.2) is 0 Å². The highest BCUT2D eigenvalue weighted by Crippen LogP contribution is 1.78. The Labute approximate surface area is 79.1 Å². The van der Waals surface area contributed by atoms with E-state index < -0.39 is 0 Å². The highest BCUT2D eigenvalue weighted by atomic mass is 35.5. The van der Waals surface area contributed by atoms with Crippen LogP contribution in [0, 0.1) is 0 Å². The van der Waals surface area contributed by atoms with Crippen molar-refractivity contribution in [2.24, 2.45) is 0 Å². The molecule has 0 atom stereocenters. The molecule has 0 aliphatic heterocycles. The first-order valence-electron chi connectivity index (χ1n) is 3.51. The summed E-state index contributed by atoms with van der Waals surface area (Å²) in [6.45, 7) is 2.40. The molecule has 0 saturated heterocycles. The zero-order chi connectivity index (χ0) is 9.54. The van der Waals surface area contributed by atoms with E-state index >= 15 is 0 Å². The van der Waals surface area contributed by atoms with Gasteiger partial charge in [0.15, 0.2) is 0 Å². The van der Waals surface area contributed by atoms with Crippen molar-refractivity contribution in [1.82, 2.24) is 0 Å². The normalized spacial score (nSPS) is 7.09. The minimum atomic E-state index is 0.344. The number of aliphatic hydroxyl groups excluding tert-OH is 2. The molecule has 0 saturated carbocycles. The van der Waals surface area contributed by atoms with Gasteiger partial charge in [0.1, 0.15) is 0 Å². The Morgan fingerprint density at radius 3 is 1.45 bits per heavy atom. The average molecular weight is 205 g/mol. The smallest absolute Gasteiger partial charge is 0.0430 e. The van der Waals surface area contributed by atoms with E-state index in [2.05, 4.69) is 6.92 Å². The van der Waals surface area contributed by atoms with Crippen molar-refractivity contribution in [1.29, 1.82) is 0 Å². The minimum Gasteiger partial charge on any atom is -0.400 e. The minimum absolute atomic E-state index is 0.344. The van der Waals surface area contributed by atoms with Gasteiger partial charge in [0, 0.05) is 25.5 Å². The molecule has 2 nitrogen and oxygen atoms in total. The predicted molar refractivity (Wildman–Crippen MR) is 51.6 cm³/mol. The van der Waals surface area contributed by atoms with Gasteiger partial charge >= 0.3 is 0 Å². The molecule has 0 aliphatic carbocycles. The van der Waals surface area contributed by atoms with Gasteiger partial charge in [0.05, 0.1) is 0 Å². The third-order valence-electron chi connectivity index (χ3n) is 0.583. The van der Waals surface area contributed by atoms with Crippen LogP contribution in [0.25, 0.3) is 0 Å². The molecule has 11 heavy (non-hydrogen) atoms. The van der Waals surface area contributed by atoms with Crippen LogP contribution in [0.4, 0.5) is 0 Å². The number of halogens is 2. The summed E-state index contributed by atoms with van der Waals surface area (Å²) in [4.78, 5) is 0. The molecule has 0 aromatic rings. The average Bonchev–Trinajstić information content (AvgIpc) is 2.10. The lowest BCUT2D eigenvalue weighted by Crippen LogP contribution is -1.75. The van der Waals surface area contributed by atoms with Crippen molar-refractivity contribution in [3.8, 4) is 0 Å². The summed E-state index contributed by atoms with van der Waals surface area (Å²) in [5, 5.41) is 15.1. The van der Waals surface area contributed by atoms with Crippen LogP contribution in [0.5, 0.6) is 0 Å². The van der Waals surface area contributed by atoms with Gasteiger partial charge in [-0.25, -0.2) is 0 Å². The molecular formula is C7H18Cl2O2. The fourth-order valence-corrected chi connectivity index (χ4v) is 0.158. The van der Waals surface area contributed by atoms with Crippen LogP contribution >= 0.6 is 23.2 Å². The highest BCUT2D eigenvalue weighted by Gasteiger charge is 1.69. The number of alkyl halides is 2. The summed E-state index contributed by atoms with van der Waals surface area (Å²) in [5.41, 5.74) is 0. The molecule has 0 aromatic heterocycles. The Morgan fingerprint density at radius 2 is 1.45 bits per heavy atom. The molecule has 0 aromatic carbocycles. The van der Waals surface area contributed by atoms with Crippen LogP contribution in [-0.4, -0.2) is 35.7 Å². The first kappa shape index (κ1) is 17.5. The zero-order valence-corrected chi connectivity index (χ0v) is 8.70. The van der Waals surface area contributed by atoms with E-state index in [9.17, 15) is 0 Å². The second-order valence-electron chi connectivity index (χ2n) is 1.46. The van der Waals surface area contributed by atoms with E-state index in [0.717, 1.165) is 20.0 Å². The number of hydrogen-bond acceptors (Lipinski definition) is 2. The number of hydrogen-bond donors (Lipinski definition) is 2. The maximum atomic E-state index is 8.07. The largest absolute Gasteiger partial charge is 0.400 e. The lowest BCUT2D eigenvalue weighted by atomic mass is 10.4. The second-order valence-corrected chi connectivity index (χ2v) is 2.21. The van der Waals surface area contributed by atoms with Crippen LogP contribution in [0.3, 0.4) is 0 Å². The second kappa shape index (κ2) is 31.3. The summed E-state index contributed by atoms with van der Waals surface area (Å²) in [5.74, 6) is 1.11. The molecule has 4 heteroatoms. The Balaban J connectivity index is -0.0000000965. The summed E-state index contributed by atoms with van der Waals surface area (Å²) in [6, 6.07) is 0. The Morgan fingerprint density at radius 1 is 1.09 bits per heavy atom. The Kier molecular flexibility index (Phi) is 50.0. The van der Waals surface area contributed by atoms with Crippen molar-refractivity contribution < 1.29 is 10.2 Å². The lowest BCUT2D eigenvalue weighted by molar-refractivity contribution is 0.287. The van der Waals surface area contributed by atoms with E-state index in [1.807, 2.05) is 0 Å². The molecule has 0 bridgehead atoms. The zero-order valence-electron chi connectivity index (χ0n) is 7.19. The van der Waals surface area contributed by atoms with Gasteiger partial charge in [0.2, 0.25) is 0 Å². The summed E-state index contributed by atoms with van der Waals surface area (Å²) < 4.78 is 0. The van der Waals surface area contributed by atoms with Gasteiger partial charge < -0.3 is 10.2 Å². The van der Waals surface area contributed by atoms with Crippen LogP contribution in [-0.2, 0) is 0 Å². The highest BCUT2D eigenvalue weighted by molar-refractivity contribution is 6.25. The van der Waals surface area contributed by atoms with E-state index in [4.69, 9.17) is 33.4 Å². The molecular weight excluding hydrogens is 187 g/mol. The first-order chi connectivity index (χ1) is 5.33. The van der Waals surface area contributed by atoms with Crippen LogP contribution in [0.2, 0.25) is 0 Å². The maximum Gasteiger partial charge on any atom is 0.0430 e. The fraction of sp³-hybridized carbons (Fsp3) is 1.00. The van der Waals surface area contributed by atoms with Crippen LogP contribution < -0.4 is 0 Å². The third kappa shape index (κ3) is 61.9. The first-order valence-corrected chi connectivity index (χ1v) is 4.57. The van der Waals surface area contributed by atoms with Gasteiger partial charge in [-0.05, 0) is 6.42 Å². The Hall–Kier alpha value is 0.500. The van der Waals surface area contributed by atoms with Gasteiger partial charge in [-0.2, -0.15) is 0 Å². The fourth-order valence-electron chi connectivity index (χ4n) is 0.158. The summed E-state index contributed by atoms with van der Waals surface area (Å²) in [7, 11) is 1.00. The van der Waals surface area contributed by atoms with Crippen molar-refractivity contribution in [2.75, 3.05) is 25.5 Å². The number of rotatable bonds is 3. The monoisotopic (exact) mass is 204 g/mol. The van der Waals surface area contributed by atoms with Crippen molar-refractivity contribution in [3.63, 3.8) is 0 Å². The maximum absolute atomic E-state index is 8.07. The number of unbranched alkanes of at least 4 members (excludes halogenated alkanes) is 1. The van der Waals surface area contributed by atoms with E-state index in [1.165, 1.54) is 0 Å². The standard InChI is InChI=1S/C4H10O.C2H4Cl2.CH4O/c1-2-3-4-5;3-1-2-4;1-2/h5H,2-4H2,1H3;1-2H2;2H,1H3.